The van der Waals surface area contributed by atoms with E-state index in [1.807, 2.05) is 19.2 Å². The van der Waals surface area contributed by atoms with E-state index >= 15 is 0 Å². The minimum atomic E-state index is 0.997. The summed E-state index contributed by atoms with van der Waals surface area (Å²) >= 11 is 0. The molecule has 1 aromatic rings. The third-order valence-electron chi connectivity index (χ3n) is 3.17. The molecule has 2 rings (SSSR count). The van der Waals surface area contributed by atoms with Gasteiger partial charge in [-0.05, 0) is 51.9 Å². The fourth-order valence-corrected chi connectivity index (χ4v) is 2.27. The third kappa shape index (κ3) is 3.56. The van der Waals surface area contributed by atoms with Crippen LogP contribution in [0.5, 0.6) is 0 Å². The van der Waals surface area contributed by atoms with E-state index in [-0.39, 0.29) is 0 Å². The number of aromatic nitrogens is 2. The molecule has 0 N–H and O–H groups in total. The van der Waals surface area contributed by atoms with E-state index in [0.717, 1.165) is 17.9 Å². The van der Waals surface area contributed by atoms with Gasteiger partial charge in [0.25, 0.3) is 0 Å². The van der Waals surface area contributed by atoms with Crippen molar-refractivity contribution in [1.82, 2.24) is 14.9 Å². The van der Waals surface area contributed by atoms with Gasteiger partial charge >= 0.3 is 0 Å². The highest BCUT2D eigenvalue weighted by Crippen LogP contribution is 2.09. The molecule has 0 spiro atoms. The first-order valence-corrected chi connectivity index (χ1v) is 6.35. The summed E-state index contributed by atoms with van der Waals surface area (Å²) in [6, 6.07) is 1.95. The molecule has 0 aliphatic carbocycles. The molecule has 0 amide bonds. The minimum absolute atomic E-state index is 0.997. The summed E-state index contributed by atoms with van der Waals surface area (Å²) in [5.74, 6) is 0.997. The molecule has 1 saturated heterocycles. The highest BCUT2D eigenvalue weighted by molar-refractivity contribution is 4.99. The summed E-state index contributed by atoms with van der Waals surface area (Å²) in [6.45, 7) is 5.80. The maximum atomic E-state index is 4.43. The van der Waals surface area contributed by atoms with E-state index in [4.69, 9.17) is 0 Å². The fraction of sp³-hybridized carbons (Fsp3) is 0.692. The van der Waals surface area contributed by atoms with Gasteiger partial charge in [0.2, 0.25) is 0 Å². The van der Waals surface area contributed by atoms with E-state index in [1.165, 1.54) is 45.3 Å². The van der Waals surface area contributed by atoms with E-state index in [0.29, 0.717) is 0 Å². The molecule has 1 aliphatic rings. The Kier molecular flexibility index (Phi) is 4.28. The van der Waals surface area contributed by atoms with Crippen LogP contribution in [0.1, 0.15) is 37.2 Å². The summed E-state index contributed by atoms with van der Waals surface area (Å²) in [6.07, 6.45) is 8.22. The van der Waals surface area contributed by atoms with Gasteiger partial charge in [-0.15, -0.1) is 0 Å². The van der Waals surface area contributed by atoms with Crippen LogP contribution in [-0.2, 0) is 6.42 Å². The van der Waals surface area contributed by atoms with Gasteiger partial charge in [0.1, 0.15) is 5.82 Å². The molecule has 3 heteroatoms. The second-order valence-electron chi connectivity index (χ2n) is 4.62. The van der Waals surface area contributed by atoms with Crippen LogP contribution in [0, 0.1) is 6.92 Å². The Morgan fingerprint density at radius 2 is 2.06 bits per heavy atom. The number of hydrogen-bond donors (Lipinski definition) is 0. The Balaban J connectivity index is 1.71. The first-order chi connectivity index (χ1) is 7.84. The lowest BCUT2D eigenvalue weighted by molar-refractivity contribution is 0.226. The molecule has 0 bridgehead atoms. The van der Waals surface area contributed by atoms with Crippen molar-refractivity contribution < 1.29 is 0 Å². The number of piperidine rings is 1. The van der Waals surface area contributed by atoms with Crippen LogP contribution in [0.4, 0.5) is 0 Å². The van der Waals surface area contributed by atoms with Crippen LogP contribution in [-0.4, -0.2) is 34.5 Å². The van der Waals surface area contributed by atoms with Gasteiger partial charge in [0.05, 0.1) is 0 Å². The second-order valence-corrected chi connectivity index (χ2v) is 4.62. The standard InChI is InChI=1S/C13H21N3/c1-12-7-8-14-13(15-12)6-5-11-16-9-3-2-4-10-16/h7-8H,2-6,9-11H2,1H3. The molecular weight excluding hydrogens is 198 g/mol. The summed E-state index contributed by atoms with van der Waals surface area (Å²) in [5, 5.41) is 0. The Bertz CT molecular complexity index is 319. The van der Waals surface area contributed by atoms with E-state index in [1.54, 1.807) is 0 Å². The van der Waals surface area contributed by atoms with Crippen molar-refractivity contribution in [3.8, 4) is 0 Å². The topological polar surface area (TPSA) is 29.0 Å². The van der Waals surface area contributed by atoms with Gasteiger partial charge < -0.3 is 4.90 Å². The molecular formula is C13H21N3. The van der Waals surface area contributed by atoms with Crippen LogP contribution in [0.3, 0.4) is 0 Å². The first-order valence-electron chi connectivity index (χ1n) is 6.35. The molecule has 16 heavy (non-hydrogen) atoms. The average Bonchev–Trinajstić information content (AvgIpc) is 2.30. The fourth-order valence-electron chi connectivity index (χ4n) is 2.27. The predicted molar refractivity (Wildman–Crippen MR) is 65.4 cm³/mol. The first kappa shape index (κ1) is 11.5. The molecule has 0 unspecified atom stereocenters. The van der Waals surface area contributed by atoms with Gasteiger partial charge in [-0.3, -0.25) is 0 Å². The summed E-state index contributed by atoms with van der Waals surface area (Å²) in [5.41, 5.74) is 1.07. The maximum Gasteiger partial charge on any atom is 0.128 e. The molecule has 1 aliphatic heterocycles. The lowest BCUT2D eigenvalue weighted by Gasteiger charge is -2.26. The Morgan fingerprint density at radius 3 is 2.81 bits per heavy atom. The molecule has 1 aromatic heterocycles. The highest BCUT2D eigenvalue weighted by atomic mass is 15.1. The Labute approximate surface area is 97.9 Å². The van der Waals surface area contributed by atoms with Crippen LogP contribution >= 0.6 is 0 Å². The van der Waals surface area contributed by atoms with E-state index in [9.17, 15) is 0 Å². The number of aryl methyl sites for hydroxylation is 2. The van der Waals surface area contributed by atoms with Gasteiger partial charge in [-0.1, -0.05) is 6.42 Å². The van der Waals surface area contributed by atoms with Crippen LogP contribution in [0.25, 0.3) is 0 Å². The SMILES string of the molecule is Cc1ccnc(CCCN2CCCCC2)n1. The van der Waals surface area contributed by atoms with Crippen LogP contribution < -0.4 is 0 Å². The zero-order valence-electron chi connectivity index (χ0n) is 10.2. The number of hydrogen-bond acceptors (Lipinski definition) is 3. The summed E-state index contributed by atoms with van der Waals surface area (Å²) < 4.78 is 0. The van der Waals surface area contributed by atoms with Crippen molar-refractivity contribution in [2.75, 3.05) is 19.6 Å². The number of rotatable bonds is 4. The molecule has 1 fully saturated rings. The van der Waals surface area contributed by atoms with Crippen LogP contribution in [0.2, 0.25) is 0 Å². The molecule has 0 saturated carbocycles. The normalized spacial score (nSPS) is 17.6. The molecule has 0 atom stereocenters. The quantitative estimate of drug-likeness (QED) is 0.777. The molecule has 3 nitrogen and oxygen atoms in total. The number of likely N-dealkylation sites (tertiary alicyclic amines) is 1. The molecule has 2 heterocycles. The zero-order valence-corrected chi connectivity index (χ0v) is 10.2. The Hall–Kier alpha value is -0.960. The van der Waals surface area contributed by atoms with Crippen molar-refractivity contribution in [3.63, 3.8) is 0 Å². The van der Waals surface area contributed by atoms with Crippen LogP contribution in [0.15, 0.2) is 12.3 Å². The van der Waals surface area contributed by atoms with Crippen molar-refractivity contribution in [1.29, 1.82) is 0 Å². The smallest absolute Gasteiger partial charge is 0.128 e. The van der Waals surface area contributed by atoms with Gasteiger partial charge in [0, 0.05) is 18.3 Å². The Morgan fingerprint density at radius 1 is 1.25 bits per heavy atom. The zero-order chi connectivity index (χ0) is 11.2. The van der Waals surface area contributed by atoms with E-state index < -0.39 is 0 Å². The third-order valence-corrected chi connectivity index (χ3v) is 3.17. The molecule has 0 aromatic carbocycles. The van der Waals surface area contributed by atoms with Gasteiger partial charge in [-0.2, -0.15) is 0 Å². The van der Waals surface area contributed by atoms with Crippen molar-refractivity contribution in [3.05, 3.63) is 23.8 Å². The lowest BCUT2D eigenvalue weighted by Crippen LogP contribution is -2.30. The summed E-state index contributed by atoms with van der Waals surface area (Å²) in [7, 11) is 0. The van der Waals surface area contributed by atoms with Gasteiger partial charge in [-0.25, -0.2) is 9.97 Å². The monoisotopic (exact) mass is 219 g/mol. The van der Waals surface area contributed by atoms with Gasteiger partial charge in [0.15, 0.2) is 0 Å². The van der Waals surface area contributed by atoms with Crippen molar-refractivity contribution in [2.24, 2.45) is 0 Å². The van der Waals surface area contributed by atoms with Crippen molar-refractivity contribution in [2.45, 2.75) is 39.0 Å². The predicted octanol–water partition coefficient (Wildman–Crippen LogP) is 2.20. The maximum absolute atomic E-state index is 4.43. The molecule has 88 valence electrons. The largest absolute Gasteiger partial charge is 0.303 e. The lowest BCUT2D eigenvalue weighted by atomic mass is 10.1. The minimum Gasteiger partial charge on any atom is -0.303 e. The highest BCUT2D eigenvalue weighted by Gasteiger charge is 2.09. The van der Waals surface area contributed by atoms with E-state index in [2.05, 4.69) is 14.9 Å². The second kappa shape index (κ2) is 5.94. The average molecular weight is 219 g/mol. The summed E-state index contributed by atoms with van der Waals surface area (Å²) in [4.78, 5) is 11.3. The van der Waals surface area contributed by atoms with Crippen molar-refractivity contribution >= 4 is 0 Å². The molecule has 0 radical (unpaired) electrons. The number of nitrogens with zero attached hydrogens (tertiary/aromatic N) is 3.